The number of methoxy groups -OCH3 is 1. The summed E-state index contributed by atoms with van der Waals surface area (Å²) in [7, 11) is -2.39. The Morgan fingerprint density at radius 2 is 1.69 bits per heavy atom. The molecule has 2 aliphatic rings. The van der Waals surface area contributed by atoms with Crippen molar-refractivity contribution >= 4 is 38.2 Å². The Labute approximate surface area is 233 Å². The molecule has 5 rings (SSSR count). The molecule has 1 aromatic heterocycles. The summed E-state index contributed by atoms with van der Waals surface area (Å²) in [6.45, 7) is 8.98. The van der Waals surface area contributed by atoms with Crippen molar-refractivity contribution in [3.8, 4) is 0 Å². The minimum atomic E-state index is -3.72. The van der Waals surface area contributed by atoms with Gasteiger partial charge in [-0.05, 0) is 81.5 Å². The number of esters is 1. The molecule has 10 heteroatoms. The first-order valence-electron chi connectivity index (χ1n) is 12.8. The maximum absolute atomic E-state index is 13.3. The van der Waals surface area contributed by atoms with Crippen molar-refractivity contribution in [3.63, 3.8) is 0 Å². The van der Waals surface area contributed by atoms with Crippen molar-refractivity contribution < 1.29 is 22.7 Å². The lowest BCUT2D eigenvalue weighted by Crippen LogP contribution is -2.55. The highest BCUT2D eigenvalue weighted by atomic mass is 32.2. The Bertz CT molecular complexity index is 1560. The van der Waals surface area contributed by atoms with E-state index in [1.54, 1.807) is 0 Å². The molecule has 0 aliphatic carbocycles. The zero-order valence-corrected chi connectivity index (χ0v) is 24.4. The van der Waals surface area contributed by atoms with Crippen molar-refractivity contribution in [3.05, 3.63) is 81.2 Å². The molecule has 2 aromatic carbocycles. The van der Waals surface area contributed by atoms with E-state index in [1.165, 1.54) is 52.6 Å². The fraction of sp³-hybridized carbons (Fsp3) is 0.379. The quantitative estimate of drug-likeness (QED) is 0.434. The van der Waals surface area contributed by atoms with Crippen LogP contribution in [0.5, 0.6) is 0 Å². The summed E-state index contributed by atoms with van der Waals surface area (Å²) in [6.07, 6.45) is 1.27. The van der Waals surface area contributed by atoms with Gasteiger partial charge in [-0.1, -0.05) is 24.3 Å². The van der Waals surface area contributed by atoms with Crippen LogP contribution in [0.2, 0.25) is 0 Å². The Kier molecular flexibility index (Phi) is 6.95. The van der Waals surface area contributed by atoms with Gasteiger partial charge in [0, 0.05) is 34.6 Å². The highest BCUT2D eigenvalue weighted by Gasteiger charge is 2.42. The molecule has 39 heavy (non-hydrogen) atoms. The van der Waals surface area contributed by atoms with Crippen LogP contribution in [0.15, 0.2) is 53.4 Å². The molecule has 0 saturated heterocycles. The number of anilines is 1. The van der Waals surface area contributed by atoms with Crippen LogP contribution in [-0.2, 0) is 39.7 Å². The lowest BCUT2D eigenvalue weighted by atomic mass is 9.81. The molecule has 2 aliphatic heterocycles. The van der Waals surface area contributed by atoms with E-state index >= 15 is 0 Å². The summed E-state index contributed by atoms with van der Waals surface area (Å²) in [5.74, 6) is -0.930. The minimum absolute atomic E-state index is 0.135. The maximum atomic E-state index is 13.3. The smallest absolute Gasteiger partial charge is 0.341 e. The largest absolute Gasteiger partial charge is 0.465 e. The maximum Gasteiger partial charge on any atom is 0.341 e. The van der Waals surface area contributed by atoms with Crippen LogP contribution in [0, 0.1) is 0 Å². The summed E-state index contributed by atoms with van der Waals surface area (Å²) in [5.41, 5.74) is 3.06. The van der Waals surface area contributed by atoms with Gasteiger partial charge in [-0.25, -0.2) is 13.2 Å². The average Bonchev–Trinajstić information content (AvgIpc) is 3.25. The molecule has 0 bridgehead atoms. The molecule has 0 radical (unpaired) electrons. The fourth-order valence-electron chi connectivity index (χ4n) is 5.71. The number of hydrogen-bond donors (Lipinski definition) is 2. The summed E-state index contributed by atoms with van der Waals surface area (Å²) in [5, 5.41) is 6.92. The molecule has 2 N–H and O–H groups in total. The molecule has 0 atom stereocenters. The predicted molar refractivity (Wildman–Crippen MR) is 152 cm³/mol. The third kappa shape index (κ3) is 5.14. The Balaban J connectivity index is 1.39. The van der Waals surface area contributed by atoms with Gasteiger partial charge in [0.05, 0.1) is 17.6 Å². The van der Waals surface area contributed by atoms with Gasteiger partial charge in [-0.15, -0.1) is 11.3 Å². The van der Waals surface area contributed by atoms with Crippen LogP contribution >= 0.6 is 11.3 Å². The molecule has 0 fully saturated rings. The summed E-state index contributed by atoms with van der Waals surface area (Å²) in [6, 6.07) is 13.8. The topological polar surface area (TPSA) is 105 Å². The molecule has 0 unspecified atom stereocenters. The second kappa shape index (κ2) is 9.85. The SMILES string of the molecule is COC(=O)c1c(NC(=O)c2ccc(S(=O)(=O)N3CCc4ccccc4C3)cc2)sc2c1CC(C)(C)NC2(C)C. The molecule has 206 valence electrons. The van der Waals surface area contributed by atoms with E-state index in [-0.39, 0.29) is 16.0 Å². The van der Waals surface area contributed by atoms with E-state index < -0.39 is 27.4 Å². The molecular formula is C29H33N3O5S2. The van der Waals surface area contributed by atoms with Gasteiger partial charge < -0.3 is 15.4 Å². The number of carbonyl (C=O) groups is 2. The van der Waals surface area contributed by atoms with Crippen LogP contribution < -0.4 is 10.6 Å². The third-order valence-electron chi connectivity index (χ3n) is 7.31. The number of ether oxygens (including phenoxy) is 1. The first-order chi connectivity index (χ1) is 18.3. The molecule has 1 amide bonds. The first kappa shape index (κ1) is 27.5. The zero-order chi connectivity index (χ0) is 28.2. The fourth-order valence-corrected chi connectivity index (χ4v) is 8.39. The lowest BCUT2D eigenvalue weighted by molar-refractivity contribution is 0.0600. The van der Waals surface area contributed by atoms with E-state index in [4.69, 9.17) is 4.74 Å². The van der Waals surface area contributed by atoms with Crippen LogP contribution in [0.25, 0.3) is 0 Å². The van der Waals surface area contributed by atoms with Gasteiger partial charge >= 0.3 is 5.97 Å². The lowest BCUT2D eigenvalue weighted by Gasteiger charge is -2.42. The summed E-state index contributed by atoms with van der Waals surface area (Å²) in [4.78, 5) is 27.2. The zero-order valence-electron chi connectivity index (χ0n) is 22.8. The van der Waals surface area contributed by atoms with Crippen molar-refractivity contribution in [1.82, 2.24) is 9.62 Å². The molecular weight excluding hydrogens is 534 g/mol. The molecule has 3 heterocycles. The molecule has 3 aromatic rings. The number of hydrogen-bond acceptors (Lipinski definition) is 7. The van der Waals surface area contributed by atoms with Crippen LogP contribution in [0.4, 0.5) is 5.00 Å². The second-order valence-corrected chi connectivity index (χ2v) is 14.2. The van der Waals surface area contributed by atoms with Gasteiger partial charge in [-0.3, -0.25) is 4.79 Å². The highest BCUT2D eigenvalue weighted by molar-refractivity contribution is 7.89. The third-order valence-corrected chi connectivity index (χ3v) is 10.6. The number of thiophene rings is 1. The molecule has 0 saturated carbocycles. The summed E-state index contributed by atoms with van der Waals surface area (Å²) < 4.78 is 33.2. The van der Waals surface area contributed by atoms with Gasteiger partial charge in [0.15, 0.2) is 0 Å². The number of rotatable bonds is 5. The Morgan fingerprint density at radius 3 is 2.36 bits per heavy atom. The van der Waals surface area contributed by atoms with Gasteiger partial charge in [0.2, 0.25) is 10.0 Å². The number of carbonyl (C=O) groups excluding carboxylic acids is 2. The Morgan fingerprint density at radius 1 is 1.03 bits per heavy atom. The van der Waals surface area contributed by atoms with E-state index in [0.717, 1.165) is 16.0 Å². The predicted octanol–water partition coefficient (Wildman–Crippen LogP) is 4.69. The monoisotopic (exact) mass is 567 g/mol. The van der Waals surface area contributed by atoms with E-state index in [0.29, 0.717) is 36.5 Å². The van der Waals surface area contributed by atoms with Crippen molar-refractivity contribution in [1.29, 1.82) is 0 Å². The van der Waals surface area contributed by atoms with Gasteiger partial charge in [0.1, 0.15) is 5.00 Å². The van der Waals surface area contributed by atoms with E-state index in [1.807, 2.05) is 24.3 Å². The normalized spacial score (nSPS) is 18.1. The minimum Gasteiger partial charge on any atom is -0.465 e. The number of nitrogens with one attached hydrogen (secondary N) is 2. The number of amides is 1. The van der Waals surface area contributed by atoms with Crippen molar-refractivity contribution in [2.75, 3.05) is 19.0 Å². The van der Waals surface area contributed by atoms with Crippen molar-refractivity contribution in [2.24, 2.45) is 0 Å². The average molecular weight is 568 g/mol. The van der Waals surface area contributed by atoms with Crippen LogP contribution in [0.3, 0.4) is 0 Å². The van der Waals surface area contributed by atoms with Crippen LogP contribution in [-0.4, -0.2) is 43.8 Å². The number of benzene rings is 2. The number of nitrogens with zero attached hydrogens (tertiary/aromatic N) is 1. The van der Waals surface area contributed by atoms with Gasteiger partial charge in [-0.2, -0.15) is 4.31 Å². The number of fused-ring (bicyclic) bond motifs is 2. The second-order valence-electron chi connectivity index (χ2n) is 11.3. The van der Waals surface area contributed by atoms with E-state index in [2.05, 4.69) is 38.3 Å². The van der Waals surface area contributed by atoms with Crippen molar-refractivity contribution in [2.45, 2.75) is 63.1 Å². The number of sulfonamides is 1. The highest BCUT2D eigenvalue weighted by Crippen LogP contribution is 2.45. The summed E-state index contributed by atoms with van der Waals surface area (Å²) >= 11 is 1.36. The van der Waals surface area contributed by atoms with Gasteiger partial charge in [0.25, 0.3) is 5.91 Å². The Hall–Kier alpha value is -3.05. The first-order valence-corrected chi connectivity index (χ1v) is 15.1. The molecule has 0 spiro atoms. The van der Waals surface area contributed by atoms with Crippen LogP contribution in [0.1, 0.15) is 70.0 Å². The molecule has 8 nitrogen and oxygen atoms in total. The standard InChI is InChI=1S/C29H33N3O5S2/c1-28(2)16-22-23(27(34)37-5)26(38-24(22)29(3,4)31-28)30-25(33)19-10-12-21(13-11-19)39(35,36)32-15-14-18-8-6-7-9-20(18)17-32/h6-13,31H,14-17H2,1-5H3,(H,30,33). The van der Waals surface area contributed by atoms with E-state index in [9.17, 15) is 18.0 Å².